The maximum Gasteiger partial charge on any atom is 0.332 e. The summed E-state index contributed by atoms with van der Waals surface area (Å²) in [7, 11) is 1.35. The van der Waals surface area contributed by atoms with Crippen LogP contribution in [0.3, 0.4) is 0 Å². The van der Waals surface area contributed by atoms with Gasteiger partial charge in [-0.2, -0.15) is 4.98 Å². The van der Waals surface area contributed by atoms with E-state index in [1.807, 2.05) is 0 Å². The van der Waals surface area contributed by atoms with Gasteiger partial charge in [0.15, 0.2) is 17.4 Å². The van der Waals surface area contributed by atoms with Crippen LogP contribution in [0.4, 0.5) is 0 Å². The zero-order valence-corrected chi connectivity index (χ0v) is 12.1. The molecule has 0 aliphatic carbocycles. The number of hydrogen-bond donors (Lipinski definition) is 4. The molecule has 2 aromatic heterocycles. The summed E-state index contributed by atoms with van der Waals surface area (Å²) in [5, 5.41) is 28.7. The molecule has 0 radical (unpaired) electrons. The van der Waals surface area contributed by atoms with E-state index in [1.54, 1.807) is 0 Å². The molecule has 3 rings (SSSR count). The Kier molecular flexibility index (Phi) is 3.57. The van der Waals surface area contributed by atoms with E-state index in [-0.39, 0.29) is 16.4 Å². The van der Waals surface area contributed by atoms with Crippen LogP contribution in [0.1, 0.15) is 6.23 Å². The van der Waals surface area contributed by atoms with Crippen molar-refractivity contribution < 1.29 is 20.1 Å². The van der Waals surface area contributed by atoms with Gasteiger partial charge in [0.05, 0.1) is 6.61 Å². The van der Waals surface area contributed by atoms with Crippen LogP contribution >= 0.6 is 11.6 Å². The molecule has 120 valence electrons. The van der Waals surface area contributed by atoms with Crippen molar-refractivity contribution in [1.29, 1.82) is 0 Å². The fourth-order valence-electron chi connectivity index (χ4n) is 2.57. The molecular weight excluding hydrogens is 320 g/mol. The molecule has 0 bridgehead atoms. The quantitative estimate of drug-likeness (QED) is 0.452. The van der Waals surface area contributed by atoms with Gasteiger partial charge in [-0.15, -0.1) is 0 Å². The van der Waals surface area contributed by atoms with Gasteiger partial charge in [0.25, 0.3) is 5.56 Å². The van der Waals surface area contributed by atoms with E-state index >= 15 is 0 Å². The Morgan fingerprint density at radius 3 is 2.64 bits per heavy atom. The molecule has 1 fully saturated rings. The van der Waals surface area contributed by atoms with Crippen molar-refractivity contribution in [3.05, 3.63) is 26.1 Å². The number of halogens is 1. The Labute approximate surface area is 127 Å². The van der Waals surface area contributed by atoms with Crippen LogP contribution < -0.4 is 11.2 Å². The van der Waals surface area contributed by atoms with Crippen LogP contribution in [0, 0.1) is 0 Å². The number of ether oxygens (including phenoxy) is 1. The number of H-pyrrole nitrogens is 1. The van der Waals surface area contributed by atoms with Gasteiger partial charge in [-0.1, -0.05) is 0 Å². The van der Waals surface area contributed by atoms with Crippen LogP contribution in [0.2, 0.25) is 5.28 Å². The third-order valence-corrected chi connectivity index (χ3v) is 3.85. The first kappa shape index (κ1) is 15.2. The minimum absolute atomic E-state index is 0.0489. The number of fused-ring (bicyclic) bond motifs is 1. The van der Waals surface area contributed by atoms with Crippen molar-refractivity contribution in [2.45, 2.75) is 24.5 Å². The van der Waals surface area contributed by atoms with Crippen LogP contribution in [0.15, 0.2) is 9.59 Å². The first-order chi connectivity index (χ1) is 10.4. The standard InChI is InChI=1S/C11H13ClN4O6/c1-15-4-7(13-10(12)14-8(4)20)16(11(15)21)9-6(19)5(18)3(2-17)22-9/h3,5-6,9,17-19H,2H2,1H3,(H,13,14,20). The number of imidazole rings is 1. The summed E-state index contributed by atoms with van der Waals surface area (Å²) in [5.41, 5.74) is -1.44. The molecule has 3 heterocycles. The molecule has 4 atom stereocenters. The maximum absolute atomic E-state index is 12.3. The lowest BCUT2D eigenvalue weighted by atomic mass is 10.1. The van der Waals surface area contributed by atoms with Crippen LogP contribution in [0.25, 0.3) is 11.2 Å². The predicted molar refractivity (Wildman–Crippen MR) is 73.6 cm³/mol. The fourth-order valence-corrected chi connectivity index (χ4v) is 2.73. The first-order valence-electron chi connectivity index (χ1n) is 6.36. The second kappa shape index (κ2) is 5.18. The minimum atomic E-state index is -1.47. The molecular formula is C11H13ClN4O6. The van der Waals surface area contributed by atoms with Crippen LogP contribution in [0.5, 0.6) is 0 Å². The molecule has 22 heavy (non-hydrogen) atoms. The van der Waals surface area contributed by atoms with E-state index in [2.05, 4.69) is 9.97 Å². The first-order valence-corrected chi connectivity index (χ1v) is 6.73. The predicted octanol–water partition coefficient (Wildman–Crippen LogP) is -2.31. The summed E-state index contributed by atoms with van der Waals surface area (Å²) in [6.07, 6.45) is -5.21. The lowest BCUT2D eigenvalue weighted by Gasteiger charge is -2.15. The summed E-state index contributed by atoms with van der Waals surface area (Å²) in [6.45, 7) is -0.539. The summed E-state index contributed by atoms with van der Waals surface area (Å²) in [5.74, 6) is 0. The number of rotatable bonds is 2. The summed E-state index contributed by atoms with van der Waals surface area (Å²) >= 11 is 5.70. The molecule has 1 aliphatic heterocycles. The number of aliphatic hydroxyl groups is 3. The lowest BCUT2D eigenvalue weighted by molar-refractivity contribution is -0.0527. The largest absolute Gasteiger partial charge is 0.394 e. The lowest BCUT2D eigenvalue weighted by Crippen LogP contribution is -2.35. The number of aryl methyl sites for hydroxylation is 1. The zero-order valence-electron chi connectivity index (χ0n) is 11.3. The Bertz CT molecular complexity index is 841. The molecule has 0 amide bonds. The van der Waals surface area contributed by atoms with Crippen molar-refractivity contribution in [3.63, 3.8) is 0 Å². The Hall–Kier alpha value is -1.72. The highest BCUT2D eigenvalue weighted by Crippen LogP contribution is 2.30. The van der Waals surface area contributed by atoms with Gasteiger partial charge in [-0.25, -0.2) is 9.36 Å². The van der Waals surface area contributed by atoms with Gasteiger partial charge in [0.1, 0.15) is 18.3 Å². The number of aromatic nitrogens is 4. The van der Waals surface area contributed by atoms with Crippen LogP contribution in [-0.2, 0) is 11.8 Å². The minimum Gasteiger partial charge on any atom is -0.394 e. The van der Waals surface area contributed by atoms with Crippen molar-refractivity contribution >= 4 is 22.8 Å². The molecule has 4 unspecified atom stereocenters. The molecule has 10 nitrogen and oxygen atoms in total. The molecule has 4 N–H and O–H groups in total. The number of aromatic amines is 1. The molecule has 11 heteroatoms. The monoisotopic (exact) mass is 332 g/mol. The van der Waals surface area contributed by atoms with Crippen molar-refractivity contribution in [3.8, 4) is 0 Å². The Balaban J connectivity index is 2.26. The SMILES string of the molecule is Cn1c(=O)n(C2OC(CO)C(O)C2O)c2nc(Cl)[nH]c(=O)c21. The van der Waals surface area contributed by atoms with Crippen molar-refractivity contribution in [2.75, 3.05) is 6.61 Å². The van der Waals surface area contributed by atoms with Gasteiger partial charge in [0, 0.05) is 7.05 Å². The topological polar surface area (TPSA) is 143 Å². The fraction of sp³-hybridized carbons (Fsp3) is 0.545. The van der Waals surface area contributed by atoms with Crippen LogP contribution in [-0.4, -0.2) is 59.3 Å². The average Bonchev–Trinajstić information content (AvgIpc) is 2.87. The van der Waals surface area contributed by atoms with Gasteiger partial charge in [-0.05, 0) is 11.6 Å². The normalized spacial score (nSPS) is 28.6. The van der Waals surface area contributed by atoms with Gasteiger partial charge in [0.2, 0.25) is 5.28 Å². The highest BCUT2D eigenvalue weighted by molar-refractivity contribution is 6.28. The third kappa shape index (κ3) is 2.00. The molecule has 2 aromatic rings. The van der Waals surface area contributed by atoms with Gasteiger partial charge in [-0.3, -0.25) is 14.3 Å². The highest BCUT2D eigenvalue weighted by Gasteiger charge is 2.45. The van der Waals surface area contributed by atoms with E-state index < -0.39 is 42.4 Å². The highest BCUT2D eigenvalue weighted by atomic mass is 35.5. The van der Waals surface area contributed by atoms with Crippen molar-refractivity contribution in [2.24, 2.45) is 7.05 Å². The maximum atomic E-state index is 12.3. The molecule has 1 aliphatic rings. The number of aliphatic hydroxyl groups excluding tert-OH is 3. The van der Waals surface area contributed by atoms with Gasteiger partial charge < -0.3 is 20.1 Å². The summed E-state index contributed by atoms with van der Waals surface area (Å²) < 4.78 is 7.27. The van der Waals surface area contributed by atoms with E-state index in [0.717, 1.165) is 9.13 Å². The van der Waals surface area contributed by atoms with E-state index in [1.165, 1.54) is 7.05 Å². The smallest absolute Gasteiger partial charge is 0.332 e. The Morgan fingerprint density at radius 2 is 2.05 bits per heavy atom. The molecule has 0 spiro atoms. The summed E-state index contributed by atoms with van der Waals surface area (Å²) in [4.78, 5) is 30.4. The molecule has 0 aromatic carbocycles. The average molecular weight is 333 g/mol. The number of hydrogen-bond acceptors (Lipinski definition) is 7. The molecule has 1 saturated heterocycles. The van der Waals surface area contributed by atoms with E-state index in [9.17, 15) is 19.8 Å². The number of nitrogens with one attached hydrogen (secondary N) is 1. The second-order valence-electron chi connectivity index (χ2n) is 4.97. The van der Waals surface area contributed by atoms with E-state index in [0.29, 0.717) is 0 Å². The van der Waals surface area contributed by atoms with Gasteiger partial charge >= 0.3 is 5.69 Å². The summed E-state index contributed by atoms with van der Waals surface area (Å²) in [6, 6.07) is 0. The van der Waals surface area contributed by atoms with Crippen molar-refractivity contribution in [1.82, 2.24) is 19.1 Å². The van der Waals surface area contributed by atoms with E-state index in [4.69, 9.17) is 21.4 Å². The molecule has 0 saturated carbocycles. The number of nitrogens with zero attached hydrogens (tertiary/aromatic N) is 3. The third-order valence-electron chi connectivity index (χ3n) is 3.68. The Morgan fingerprint density at radius 1 is 1.36 bits per heavy atom. The second-order valence-corrected chi connectivity index (χ2v) is 5.33. The zero-order chi connectivity index (χ0) is 16.2.